The number of phenolic OH excluding ortho intramolecular Hbond substituents is 1. The maximum atomic E-state index is 12.0. The van der Waals surface area contributed by atoms with Crippen LogP contribution in [-0.2, 0) is 22.4 Å². The lowest BCUT2D eigenvalue weighted by Crippen LogP contribution is -2.43. The van der Waals surface area contributed by atoms with Gasteiger partial charge in [-0.2, -0.15) is 0 Å². The van der Waals surface area contributed by atoms with Gasteiger partial charge in [-0.05, 0) is 23.3 Å². The Hall–Kier alpha value is -2.82. The SMILES string of the molecule is O=C(Cc1ccccc1)N[C@H](Cc1cccc(O)c1)C(=O)O. The fourth-order valence-electron chi connectivity index (χ4n) is 2.15. The highest BCUT2D eigenvalue weighted by Gasteiger charge is 2.20. The zero-order chi connectivity index (χ0) is 15.9. The molecule has 0 spiro atoms. The summed E-state index contributed by atoms with van der Waals surface area (Å²) in [6, 6.07) is 14.4. The van der Waals surface area contributed by atoms with Crippen LogP contribution in [0, 0.1) is 0 Å². The Kier molecular flexibility index (Phi) is 5.14. The molecule has 0 aliphatic rings. The predicted octanol–water partition coefficient (Wildman–Crippen LogP) is 1.75. The van der Waals surface area contributed by atoms with Crippen molar-refractivity contribution in [3.05, 3.63) is 65.7 Å². The lowest BCUT2D eigenvalue weighted by atomic mass is 10.0. The van der Waals surface area contributed by atoms with Crippen LogP contribution in [0.3, 0.4) is 0 Å². The molecule has 0 bridgehead atoms. The molecule has 22 heavy (non-hydrogen) atoms. The molecule has 114 valence electrons. The summed E-state index contributed by atoms with van der Waals surface area (Å²) >= 11 is 0. The lowest BCUT2D eigenvalue weighted by Gasteiger charge is -2.15. The molecule has 1 amide bonds. The fraction of sp³-hybridized carbons (Fsp3) is 0.176. The number of carbonyl (C=O) groups excluding carboxylic acids is 1. The van der Waals surface area contributed by atoms with E-state index >= 15 is 0 Å². The summed E-state index contributed by atoms with van der Waals surface area (Å²) in [5.41, 5.74) is 1.47. The molecule has 5 nitrogen and oxygen atoms in total. The molecule has 0 saturated carbocycles. The van der Waals surface area contributed by atoms with E-state index in [1.54, 1.807) is 12.1 Å². The monoisotopic (exact) mass is 299 g/mol. The van der Waals surface area contributed by atoms with Crippen molar-refractivity contribution in [1.29, 1.82) is 0 Å². The first-order chi connectivity index (χ1) is 10.5. The summed E-state index contributed by atoms with van der Waals surface area (Å²) in [6.45, 7) is 0. The van der Waals surface area contributed by atoms with Gasteiger partial charge in [-0.15, -0.1) is 0 Å². The number of carboxylic acid groups (broad SMARTS) is 1. The average molecular weight is 299 g/mol. The van der Waals surface area contributed by atoms with Crippen LogP contribution in [-0.4, -0.2) is 28.1 Å². The third kappa shape index (κ3) is 4.63. The van der Waals surface area contributed by atoms with Gasteiger partial charge in [-0.25, -0.2) is 4.79 Å². The molecule has 2 aromatic rings. The van der Waals surface area contributed by atoms with Crippen LogP contribution in [0.4, 0.5) is 0 Å². The summed E-state index contributed by atoms with van der Waals surface area (Å²) in [7, 11) is 0. The number of benzene rings is 2. The van der Waals surface area contributed by atoms with Gasteiger partial charge in [0.2, 0.25) is 5.91 Å². The largest absolute Gasteiger partial charge is 0.508 e. The van der Waals surface area contributed by atoms with E-state index in [1.807, 2.05) is 30.3 Å². The van der Waals surface area contributed by atoms with E-state index in [0.717, 1.165) is 5.56 Å². The molecule has 0 heterocycles. The Morgan fingerprint density at radius 3 is 2.32 bits per heavy atom. The predicted molar refractivity (Wildman–Crippen MR) is 81.5 cm³/mol. The van der Waals surface area contributed by atoms with Gasteiger partial charge < -0.3 is 15.5 Å². The molecule has 1 atom stereocenters. The second-order valence-electron chi connectivity index (χ2n) is 4.99. The maximum absolute atomic E-state index is 12.0. The van der Waals surface area contributed by atoms with E-state index in [1.165, 1.54) is 12.1 Å². The van der Waals surface area contributed by atoms with Crippen LogP contribution in [0.25, 0.3) is 0 Å². The van der Waals surface area contributed by atoms with Crippen LogP contribution in [0.1, 0.15) is 11.1 Å². The molecule has 5 heteroatoms. The zero-order valence-electron chi connectivity index (χ0n) is 11.9. The fourth-order valence-corrected chi connectivity index (χ4v) is 2.15. The number of hydrogen-bond donors (Lipinski definition) is 3. The van der Waals surface area contributed by atoms with E-state index in [4.69, 9.17) is 0 Å². The van der Waals surface area contributed by atoms with Crippen molar-refractivity contribution < 1.29 is 19.8 Å². The number of carboxylic acids is 1. The molecule has 0 aliphatic heterocycles. The van der Waals surface area contributed by atoms with Gasteiger partial charge in [0.1, 0.15) is 11.8 Å². The maximum Gasteiger partial charge on any atom is 0.326 e. The van der Waals surface area contributed by atoms with Crippen molar-refractivity contribution in [3.63, 3.8) is 0 Å². The number of hydrogen-bond acceptors (Lipinski definition) is 3. The van der Waals surface area contributed by atoms with Crippen molar-refractivity contribution in [3.8, 4) is 5.75 Å². The number of amides is 1. The van der Waals surface area contributed by atoms with E-state index in [0.29, 0.717) is 5.56 Å². The number of nitrogens with one attached hydrogen (secondary N) is 1. The highest BCUT2D eigenvalue weighted by molar-refractivity contribution is 5.85. The Morgan fingerprint density at radius 1 is 1.00 bits per heavy atom. The third-order valence-corrected chi connectivity index (χ3v) is 3.19. The van der Waals surface area contributed by atoms with Gasteiger partial charge in [0.15, 0.2) is 0 Å². The van der Waals surface area contributed by atoms with Crippen LogP contribution in [0.5, 0.6) is 5.75 Å². The minimum Gasteiger partial charge on any atom is -0.508 e. The second kappa shape index (κ2) is 7.26. The molecule has 0 unspecified atom stereocenters. The molecular weight excluding hydrogens is 282 g/mol. The molecule has 3 N–H and O–H groups in total. The van der Waals surface area contributed by atoms with Gasteiger partial charge in [0.05, 0.1) is 6.42 Å². The summed E-state index contributed by atoms with van der Waals surface area (Å²) in [6.07, 6.45) is 0.245. The first-order valence-corrected chi connectivity index (χ1v) is 6.88. The minimum atomic E-state index is -1.11. The van der Waals surface area contributed by atoms with Gasteiger partial charge in [0, 0.05) is 6.42 Å². The van der Waals surface area contributed by atoms with Crippen molar-refractivity contribution >= 4 is 11.9 Å². The topological polar surface area (TPSA) is 86.6 Å². The van der Waals surface area contributed by atoms with Crippen LogP contribution >= 0.6 is 0 Å². The van der Waals surface area contributed by atoms with E-state index in [2.05, 4.69) is 5.32 Å². The Bertz CT molecular complexity index is 655. The molecule has 0 fully saturated rings. The van der Waals surface area contributed by atoms with Crippen molar-refractivity contribution in [1.82, 2.24) is 5.32 Å². The average Bonchev–Trinajstić information content (AvgIpc) is 2.47. The second-order valence-corrected chi connectivity index (χ2v) is 4.99. The first kappa shape index (κ1) is 15.6. The Balaban J connectivity index is 1.99. The highest BCUT2D eigenvalue weighted by atomic mass is 16.4. The molecule has 0 saturated heterocycles. The number of phenols is 1. The first-order valence-electron chi connectivity index (χ1n) is 6.88. The van der Waals surface area contributed by atoms with Crippen LogP contribution in [0.15, 0.2) is 54.6 Å². The standard InChI is InChI=1S/C17H17NO4/c19-14-8-4-7-13(9-14)10-15(17(21)22)18-16(20)11-12-5-2-1-3-6-12/h1-9,15,19H,10-11H2,(H,18,20)(H,21,22)/t15-/m1/s1. The summed E-state index contributed by atoms with van der Waals surface area (Å²) < 4.78 is 0. The van der Waals surface area contributed by atoms with E-state index < -0.39 is 12.0 Å². The number of rotatable bonds is 6. The number of carbonyl (C=O) groups is 2. The van der Waals surface area contributed by atoms with Gasteiger partial charge >= 0.3 is 5.97 Å². The summed E-state index contributed by atoms with van der Waals surface area (Å²) in [4.78, 5) is 23.3. The zero-order valence-corrected chi connectivity index (χ0v) is 11.9. The lowest BCUT2D eigenvalue weighted by molar-refractivity contribution is -0.141. The summed E-state index contributed by atoms with van der Waals surface area (Å²) in [5.74, 6) is -1.39. The van der Waals surface area contributed by atoms with Gasteiger partial charge in [0.25, 0.3) is 0 Å². The van der Waals surface area contributed by atoms with E-state index in [-0.39, 0.29) is 24.5 Å². The highest BCUT2D eigenvalue weighted by Crippen LogP contribution is 2.13. The third-order valence-electron chi connectivity index (χ3n) is 3.19. The smallest absolute Gasteiger partial charge is 0.326 e. The van der Waals surface area contributed by atoms with Gasteiger partial charge in [-0.1, -0.05) is 42.5 Å². The van der Waals surface area contributed by atoms with Crippen molar-refractivity contribution in [2.24, 2.45) is 0 Å². The number of aromatic hydroxyl groups is 1. The molecule has 0 aliphatic carbocycles. The van der Waals surface area contributed by atoms with E-state index in [9.17, 15) is 19.8 Å². The van der Waals surface area contributed by atoms with Crippen LogP contribution in [0.2, 0.25) is 0 Å². The normalized spacial score (nSPS) is 11.6. The Morgan fingerprint density at radius 2 is 1.68 bits per heavy atom. The molecule has 0 aromatic heterocycles. The molecule has 0 radical (unpaired) electrons. The molecular formula is C17H17NO4. The van der Waals surface area contributed by atoms with Crippen molar-refractivity contribution in [2.75, 3.05) is 0 Å². The molecule has 2 rings (SSSR count). The minimum absolute atomic E-state index is 0.0669. The van der Waals surface area contributed by atoms with Crippen LogP contribution < -0.4 is 5.32 Å². The quantitative estimate of drug-likeness (QED) is 0.758. The van der Waals surface area contributed by atoms with Gasteiger partial charge in [-0.3, -0.25) is 4.79 Å². The van der Waals surface area contributed by atoms with Crippen molar-refractivity contribution in [2.45, 2.75) is 18.9 Å². The number of aliphatic carboxylic acids is 1. The Labute approximate surface area is 128 Å². The molecule has 2 aromatic carbocycles. The summed E-state index contributed by atoms with van der Waals surface area (Å²) in [5, 5.41) is 21.2.